The first kappa shape index (κ1) is 21.1. The number of amides is 1. The van der Waals surface area contributed by atoms with Crippen molar-refractivity contribution in [2.24, 2.45) is 5.92 Å². The lowest BCUT2D eigenvalue weighted by molar-refractivity contribution is -0.131. The molecule has 2 aliphatic rings. The Bertz CT molecular complexity index is 836. The summed E-state index contributed by atoms with van der Waals surface area (Å²) in [5, 5.41) is 0.0612. The summed E-state index contributed by atoms with van der Waals surface area (Å²) in [5.41, 5.74) is 2.22. The van der Waals surface area contributed by atoms with Gasteiger partial charge in [-0.1, -0.05) is 62.1 Å². The predicted molar refractivity (Wildman–Crippen MR) is 122 cm³/mol. The maximum absolute atomic E-state index is 13.0. The number of ether oxygens (including phenoxy) is 2. The van der Waals surface area contributed by atoms with E-state index in [4.69, 9.17) is 9.47 Å². The van der Waals surface area contributed by atoms with Gasteiger partial charge in [0, 0.05) is 18.7 Å². The first-order valence-electron chi connectivity index (χ1n) is 11.0. The summed E-state index contributed by atoms with van der Waals surface area (Å²) in [6.45, 7) is 1.31. The number of carbonyl (C=O) groups is 1. The molecule has 1 heterocycles. The molecule has 5 heteroatoms. The molecule has 0 radical (unpaired) electrons. The van der Waals surface area contributed by atoms with E-state index >= 15 is 0 Å². The minimum Gasteiger partial charge on any atom is -0.493 e. The van der Waals surface area contributed by atoms with Gasteiger partial charge < -0.3 is 14.4 Å². The molecule has 4 nitrogen and oxygen atoms in total. The number of hydrogen-bond acceptors (Lipinski definition) is 4. The number of rotatable bonds is 8. The topological polar surface area (TPSA) is 38.8 Å². The third-order valence-electron chi connectivity index (χ3n) is 6.16. The zero-order chi connectivity index (χ0) is 20.8. The number of benzene rings is 2. The average Bonchev–Trinajstić information content (AvgIpc) is 3.49. The average molecular weight is 426 g/mol. The molecule has 2 aromatic rings. The molecule has 160 valence electrons. The standard InChI is InChI=1S/C25H31NO3S/c1-28-22-13-12-21(17-23(22)29-18-20-9-3-2-4-10-20)25-26(15-16-30-25)24(27)14-11-19-7-5-6-8-19/h2-4,9-10,12-13,17,19,25H,5-8,11,14-16,18H2,1H3. The van der Waals surface area contributed by atoms with E-state index in [1.165, 1.54) is 25.7 Å². The molecule has 0 N–H and O–H groups in total. The van der Waals surface area contributed by atoms with E-state index < -0.39 is 0 Å². The maximum atomic E-state index is 13.0. The van der Waals surface area contributed by atoms with E-state index in [2.05, 4.69) is 11.0 Å². The van der Waals surface area contributed by atoms with Crippen LogP contribution in [0.2, 0.25) is 0 Å². The van der Waals surface area contributed by atoms with Crippen molar-refractivity contribution < 1.29 is 14.3 Å². The van der Waals surface area contributed by atoms with Gasteiger partial charge in [0.05, 0.1) is 7.11 Å². The van der Waals surface area contributed by atoms with Gasteiger partial charge in [-0.05, 0) is 35.6 Å². The Hall–Kier alpha value is -2.14. The Labute approximate surface area is 183 Å². The molecule has 1 unspecified atom stereocenters. The van der Waals surface area contributed by atoms with Gasteiger partial charge >= 0.3 is 0 Å². The van der Waals surface area contributed by atoms with E-state index in [1.807, 2.05) is 54.2 Å². The van der Waals surface area contributed by atoms with Crippen LogP contribution >= 0.6 is 11.8 Å². The van der Waals surface area contributed by atoms with Gasteiger partial charge in [0.15, 0.2) is 11.5 Å². The lowest BCUT2D eigenvalue weighted by Gasteiger charge is -2.25. The molecule has 0 spiro atoms. The second-order valence-corrected chi connectivity index (χ2v) is 9.37. The first-order valence-corrected chi connectivity index (χ1v) is 12.0. The lowest BCUT2D eigenvalue weighted by Crippen LogP contribution is -2.30. The molecule has 0 aromatic heterocycles. The summed E-state index contributed by atoms with van der Waals surface area (Å²) in [6.07, 6.45) is 6.98. The fourth-order valence-electron chi connectivity index (χ4n) is 4.47. The normalized spacial score (nSPS) is 19.2. The van der Waals surface area contributed by atoms with Crippen molar-refractivity contribution in [1.82, 2.24) is 4.90 Å². The molecule has 0 bridgehead atoms. The Morgan fingerprint density at radius 2 is 1.90 bits per heavy atom. The Morgan fingerprint density at radius 1 is 1.10 bits per heavy atom. The highest BCUT2D eigenvalue weighted by Gasteiger charge is 2.31. The number of thioether (sulfide) groups is 1. The molecular weight excluding hydrogens is 394 g/mol. The third kappa shape index (κ3) is 5.12. The van der Waals surface area contributed by atoms with Crippen molar-refractivity contribution in [3.05, 3.63) is 59.7 Å². The fraction of sp³-hybridized carbons (Fsp3) is 0.480. The van der Waals surface area contributed by atoms with Crippen LogP contribution in [-0.2, 0) is 11.4 Å². The van der Waals surface area contributed by atoms with Gasteiger partial charge in [0.25, 0.3) is 0 Å². The highest BCUT2D eigenvalue weighted by Crippen LogP contribution is 2.42. The summed E-state index contributed by atoms with van der Waals surface area (Å²) in [6, 6.07) is 16.2. The van der Waals surface area contributed by atoms with Crippen LogP contribution in [0.1, 0.15) is 55.0 Å². The molecule has 1 aliphatic carbocycles. The zero-order valence-electron chi connectivity index (χ0n) is 17.7. The SMILES string of the molecule is COc1ccc(C2SCCN2C(=O)CCC2CCCC2)cc1OCc1ccccc1. The van der Waals surface area contributed by atoms with Gasteiger partial charge in [0.2, 0.25) is 5.91 Å². The largest absolute Gasteiger partial charge is 0.493 e. The maximum Gasteiger partial charge on any atom is 0.223 e. The molecule has 1 amide bonds. The first-order chi connectivity index (χ1) is 14.7. The summed E-state index contributed by atoms with van der Waals surface area (Å²) < 4.78 is 11.6. The van der Waals surface area contributed by atoms with Crippen molar-refractivity contribution >= 4 is 17.7 Å². The summed E-state index contributed by atoms with van der Waals surface area (Å²) in [7, 11) is 1.66. The predicted octanol–water partition coefficient (Wildman–Crippen LogP) is 5.82. The van der Waals surface area contributed by atoms with Crippen LogP contribution in [0, 0.1) is 5.92 Å². The summed E-state index contributed by atoms with van der Waals surface area (Å²) in [4.78, 5) is 15.0. The van der Waals surface area contributed by atoms with Gasteiger partial charge in [-0.15, -0.1) is 11.8 Å². The monoisotopic (exact) mass is 425 g/mol. The van der Waals surface area contributed by atoms with Crippen LogP contribution in [0.15, 0.2) is 48.5 Å². The van der Waals surface area contributed by atoms with Gasteiger partial charge in [-0.2, -0.15) is 0 Å². The van der Waals surface area contributed by atoms with E-state index in [1.54, 1.807) is 7.11 Å². The highest BCUT2D eigenvalue weighted by atomic mass is 32.2. The molecule has 4 rings (SSSR count). The summed E-state index contributed by atoms with van der Waals surface area (Å²) in [5.74, 6) is 3.47. The van der Waals surface area contributed by atoms with E-state index in [0.717, 1.165) is 47.3 Å². The number of nitrogens with zero attached hydrogens (tertiary/aromatic N) is 1. The molecule has 30 heavy (non-hydrogen) atoms. The second-order valence-electron chi connectivity index (χ2n) is 8.18. The Balaban J connectivity index is 1.44. The van der Waals surface area contributed by atoms with Crippen LogP contribution in [0.4, 0.5) is 0 Å². The van der Waals surface area contributed by atoms with Crippen LogP contribution in [-0.4, -0.2) is 30.2 Å². The zero-order valence-corrected chi connectivity index (χ0v) is 18.5. The molecular formula is C25H31NO3S. The van der Waals surface area contributed by atoms with Crippen LogP contribution in [0.25, 0.3) is 0 Å². The van der Waals surface area contributed by atoms with Crippen molar-refractivity contribution in [2.75, 3.05) is 19.4 Å². The summed E-state index contributed by atoms with van der Waals surface area (Å²) >= 11 is 1.84. The van der Waals surface area contributed by atoms with E-state index in [0.29, 0.717) is 18.9 Å². The van der Waals surface area contributed by atoms with Crippen LogP contribution in [0.5, 0.6) is 11.5 Å². The number of carbonyl (C=O) groups excluding carboxylic acids is 1. The van der Waals surface area contributed by atoms with Crippen molar-refractivity contribution in [1.29, 1.82) is 0 Å². The highest BCUT2D eigenvalue weighted by molar-refractivity contribution is 7.99. The molecule has 2 fully saturated rings. The van der Waals surface area contributed by atoms with Crippen molar-refractivity contribution in [3.8, 4) is 11.5 Å². The Kier molecular flexibility index (Phi) is 7.21. The van der Waals surface area contributed by atoms with E-state index in [9.17, 15) is 4.79 Å². The van der Waals surface area contributed by atoms with E-state index in [-0.39, 0.29) is 5.37 Å². The van der Waals surface area contributed by atoms with Gasteiger partial charge in [-0.25, -0.2) is 0 Å². The fourth-order valence-corrected chi connectivity index (χ4v) is 5.73. The third-order valence-corrected chi connectivity index (χ3v) is 7.42. The van der Waals surface area contributed by atoms with Gasteiger partial charge in [0.1, 0.15) is 12.0 Å². The smallest absolute Gasteiger partial charge is 0.223 e. The quantitative estimate of drug-likeness (QED) is 0.534. The number of methoxy groups -OCH3 is 1. The Morgan fingerprint density at radius 3 is 2.67 bits per heavy atom. The molecule has 1 atom stereocenters. The van der Waals surface area contributed by atoms with Gasteiger partial charge in [-0.3, -0.25) is 4.79 Å². The number of hydrogen-bond donors (Lipinski definition) is 0. The molecule has 1 aliphatic heterocycles. The van der Waals surface area contributed by atoms with Crippen LogP contribution < -0.4 is 9.47 Å². The van der Waals surface area contributed by atoms with Crippen molar-refractivity contribution in [2.45, 2.75) is 50.5 Å². The van der Waals surface area contributed by atoms with Crippen molar-refractivity contribution in [3.63, 3.8) is 0 Å². The molecule has 1 saturated carbocycles. The lowest BCUT2D eigenvalue weighted by atomic mass is 10.0. The molecule has 2 aromatic carbocycles. The molecule has 1 saturated heterocycles. The minimum atomic E-state index is 0.0612. The minimum absolute atomic E-state index is 0.0612. The second kappa shape index (κ2) is 10.3. The van der Waals surface area contributed by atoms with Crippen LogP contribution in [0.3, 0.4) is 0 Å².